The average molecular weight is 299 g/mol. The molecule has 0 saturated carbocycles. The highest BCUT2D eigenvalue weighted by atomic mass is 16.1. The van der Waals surface area contributed by atoms with E-state index in [2.05, 4.69) is 50.0 Å². The molecule has 0 atom stereocenters. The maximum atomic E-state index is 12.5. The van der Waals surface area contributed by atoms with E-state index in [0.717, 1.165) is 6.42 Å². The molecule has 0 aliphatic rings. The maximum Gasteiger partial charge on any atom is 0.293 e. The van der Waals surface area contributed by atoms with Gasteiger partial charge in [0.15, 0.2) is 5.82 Å². The van der Waals surface area contributed by atoms with Crippen molar-refractivity contribution in [3.63, 3.8) is 0 Å². The molecule has 22 heavy (non-hydrogen) atoms. The minimum Gasteiger partial charge on any atom is -0.351 e. The molecule has 0 fully saturated rings. The highest BCUT2D eigenvalue weighted by Gasteiger charge is 2.11. The van der Waals surface area contributed by atoms with Crippen LogP contribution in [0.5, 0.6) is 0 Å². The Labute approximate surface area is 132 Å². The van der Waals surface area contributed by atoms with E-state index in [0.29, 0.717) is 24.8 Å². The van der Waals surface area contributed by atoms with Crippen LogP contribution in [0.4, 0.5) is 5.82 Å². The highest BCUT2D eigenvalue weighted by Crippen LogP contribution is 2.10. The summed E-state index contributed by atoms with van der Waals surface area (Å²) in [6, 6.07) is 8.51. The van der Waals surface area contributed by atoms with Crippen LogP contribution in [0.1, 0.15) is 31.9 Å². The van der Waals surface area contributed by atoms with Crippen molar-refractivity contribution in [2.75, 3.05) is 11.9 Å². The van der Waals surface area contributed by atoms with E-state index in [1.807, 2.05) is 11.9 Å². The molecule has 0 unspecified atom stereocenters. The minimum atomic E-state index is -0.0242. The van der Waals surface area contributed by atoms with Crippen LogP contribution >= 0.6 is 0 Å². The quantitative estimate of drug-likeness (QED) is 0.822. The molecular weight excluding hydrogens is 274 g/mol. The first kappa shape index (κ1) is 16.3. The standard InChI is InChI=1S/C18H25N3O/c1-5-15-6-8-16(9-7-15)13-20(4)17-18(22)21(11-10-19-17)12-14(2)3/h6-11,14H,5,12-13H2,1-4H3. The van der Waals surface area contributed by atoms with E-state index in [4.69, 9.17) is 0 Å². The Kier molecular flexibility index (Phi) is 5.36. The van der Waals surface area contributed by atoms with Crippen molar-refractivity contribution in [2.45, 2.75) is 40.3 Å². The highest BCUT2D eigenvalue weighted by molar-refractivity contribution is 5.36. The van der Waals surface area contributed by atoms with Crippen LogP contribution in [0.2, 0.25) is 0 Å². The topological polar surface area (TPSA) is 38.1 Å². The van der Waals surface area contributed by atoms with Crippen LogP contribution in [0.25, 0.3) is 0 Å². The maximum absolute atomic E-state index is 12.5. The summed E-state index contributed by atoms with van der Waals surface area (Å²) < 4.78 is 1.74. The van der Waals surface area contributed by atoms with E-state index in [9.17, 15) is 4.79 Å². The molecule has 4 nitrogen and oxygen atoms in total. The number of benzene rings is 1. The van der Waals surface area contributed by atoms with Crippen molar-refractivity contribution in [3.05, 3.63) is 58.1 Å². The van der Waals surface area contributed by atoms with E-state index in [1.165, 1.54) is 11.1 Å². The lowest BCUT2D eigenvalue weighted by Gasteiger charge is -2.19. The molecule has 0 radical (unpaired) electrons. The smallest absolute Gasteiger partial charge is 0.293 e. The fraction of sp³-hybridized carbons (Fsp3) is 0.444. The number of nitrogens with zero attached hydrogens (tertiary/aromatic N) is 3. The number of hydrogen-bond acceptors (Lipinski definition) is 3. The second kappa shape index (κ2) is 7.25. The van der Waals surface area contributed by atoms with Crippen LogP contribution in [0.15, 0.2) is 41.5 Å². The molecule has 1 aromatic heterocycles. The third kappa shape index (κ3) is 3.97. The van der Waals surface area contributed by atoms with Crippen LogP contribution in [-0.4, -0.2) is 16.6 Å². The van der Waals surface area contributed by atoms with E-state index >= 15 is 0 Å². The summed E-state index contributed by atoms with van der Waals surface area (Å²) in [6.45, 7) is 7.74. The Bertz CT molecular complexity index is 659. The number of rotatable bonds is 6. The fourth-order valence-electron chi connectivity index (χ4n) is 2.46. The average Bonchev–Trinajstić information content (AvgIpc) is 2.49. The van der Waals surface area contributed by atoms with E-state index in [1.54, 1.807) is 17.0 Å². The summed E-state index contributed by atoms with van der Waals surface area (Å²) >= 11 is 0. The SMILES string of the molecule is CCc1ccc(CN(C)c2nccn(CC(C)C)c2=O)cc1. The summed E-state index contributed by atoms with van der Waals surface area (Å²) in [5.41, 5.74) is 2.48. The number of aromatic nitrogens is 2. The summed E-state index contributed by atoms with van der Waals surface area (Å²) in [7, 11) is 1.91. The van der Waals surface area contributed by atoms with Gasteiger partial charge in [0, 0.05) is 32.5 Å². The normalized spacial score (nSPS) is 11.0. The zero-order valence-electron chi connectivity index (χ0n) is 13.9. The molecule has 0 aliphatic carbocycles. The van der Waals surface area contributed by atoms with Gasteiger partial charge in [0.2, 0.25) is 0 Å². The Balaban J connectivity index is 2.18. The minimum absolute atomic E-state index is 0.0242. The van der Waals surface area contributed by atoms with Gasteiger partial charge < -0.3 is 9.47 Å². The molecule has 2 aromatic rings. The Morgan fingerprint density at radius 1 is 1.18 bits per heavy atom. The lowest BCUT2D eigenvalue weighted by molar-refractivity contribution is 0.508. The molecule has 0 amide bonds. The third-order valence-corrected chi connectivity index (χ3v) is 3.67. The van der Waals surface area contributed by atoms with Gasteiger partial charge >= 0.3 is 0 Å². The first-order chi connectivity index (χ1) is 10.5. The number of anilines is 1. The van der Waals surface area contributed by atoms with Gasteiger partial charge in [-0.2, -0.15) is 0 Å². The molecule has 0 N–H and O–H groups in total. The Morgan fingerprint density at radius 2 is 1.82 bits per heavy atom. The van der Waals surface area contributed by atoms with Crippen molar-refractivity contribution in [2.24, 2.45) is 5.92 Å². The Morgan fingerprint density at radius 3 is 2.41 bits per heavy atom. The summed E-state index contributed by atoms with van der Waals surface area (Å²) in [6.07, 6.45) is 4.50. The molecule has 0 bridgehead atoms. The summed E-state index contributed by atoms with van der Waals surface area (Å²) in [4.78, 5) is 18.7. The van der Waals surface area contributed by atoms with Crippen LogP contribution in [0, 0.1) is 5.92 Å². The van der Waals surface area contributed by atoms with Crippen molar-refractivity contribution < 1.29 is 0 Å². The molecule has 1 aromatic carbocycles. The lowest BCUT2D eigenvalue weighted by Crippen LogP contribution is -2.31. The fourth-order valence-corrected chi connectivity index (χ4v) is 2.46. The first-order valence-electron chi connectivity index (χ1n) is 7.85. The van der Waals surface area contributed by atoms with E-state index < -0.39 is 0 Å². The van der Waals surface area contributed by atoms with Gasteiger partial charge in [-0.3, -0.25) is 4.79 Å². The van der Waals surface area contributed by atoms with Gasteiger partial charge in [0.1, 0.15) is 0 Å². The Hall–Kier alpha value is -2.10. The zero-order valence-corrected chi connectivity index (χ0v) is 13.9. The van der Waals surface area contributed by atoms with Crippen LogP contribution in [0.3, 0.4) is 0 Å². The second-order valence-electron chi connectivity index (χ2n) is 6.13. The lowest BCUT2D eigenvalue weighted by atomic mass is 10.1. The van der Waals surface area contributed by atoms with Gasteiger partial charge in [-0.15, -0.1) is 0 Å². The van der Waals surface area contributed by atoms with Gasteiger partial charge in [-0.1, -0.05) is 45.0 Å². The van der Waals surface area contributed by atoms with Crippen LogP contribution in [-0.2, 0) is 19.5 Å². The molecule has 0 aliphatic heterocycles. The number of aryl methyl sites for hydroxylation is 1. The van der Waals surface area contributed by atoms with Gasteiger partial charge in [0.05, 0.1) is 0 Å². The molecule has 0 spiro atoms. The van der Waals surface area contributed by atoms with Gasteiger partial charge in [0.25, 0.3) is 5.56 Å². The summed E-state index contributed by atoms with van der Waals surface area (Å²) in [5.74, 6) is 0.933. The van der Waals surface area contributed by atoms with Crippen molar-refractivity contribution in [1.29, 1.82) is 0 Å². The predicted molar refractivity (Wildman–Crippen MR) is 91.3 cm³/mol. The third-order valence-electron chi connectivity index (χ3n) is 3.67. The zero-order chi connectivity index (χ0) is 16.1. The molecular formula is C18H25N3O. The predicted octanol–water partition coefficient (Wildman–Crippen LogP) is 3.10. The number of hydrogen-bond donors (Lipinski definition) is 0. The summed E-state index contributed by atoms with van der Waals surface area (Å²) in [5, 5.41) is 0. The monoisotopic (exact) mass is 299 g/mol. The molecule has 0 saturated heterocycles. The largest absolute Gasteiger partial charge is 0.351 e. The van der Waals surface area contributed by atoms with Crippen molar-refractivity contribution >= 4 is 5.82 Å². The van der Waals surface area contributed by atoms with Crippen molar-refractivity contribution in [1.82, 2.24) is 9.55 Å². The molecule has 2 rings (SSSR count). The molecule has 4 heteroatoms. The second-order valence-corrected chi connectivity index (χ2v) is 6.13. The van der Waals surface area contributed by atoms with Crippen LogP contribution < -0.4 is 10.5 Å². The van der Waals surface area contributed by atoms with Gasteiger partial charge in [-0.25, -0.2) is 4.98 Å². The van der Waals surface area contributed by atoms with Crippen molar-refractivity contribution in [3.8, 4) is 0 Å². The van der Waals surface area contributed by atoms with E-state index in [-0.39, 0.29) is 5.56 Å². The van der Waals surface area contributed by atoms with Gasteiger partial charge in [-0.05, 0) is 23.5 Å². The first-order valence-corrected chi connectivity index (χ1v) is 7.85. The molecule has 1 heterocycles. The molecule has 118 valence electrons.